The van der Waals surface area contributed by atoms with E-state index in [1.807, 2.05) is 53.4 Å². The molecule has 5 heteroatoms. The van der Waals surface area contributed by atoms with Gasteiger partial charge in [0.1, 0.15) is 5.75 Å². The zero-order valence-electron chi connectivity index (χ0n) is 16.3. The molecule has 0 atom stereocenters. The first kappa shape index (κ1) is 18.7. The van der Waals surface area contributed by atoms with Crippen LogP contribution < -0.4 is 4.74 Å². The van der Waals surface area contributed by atoms with E-state index < -0.39 is 0 Å². The van der Waals surface area contributed by atoms with Crippen molar-refractivity contribution in [3.63, 3.8) is 0 Å². The number of rotatable bonds is 6. The first-order valence-corrected chi connectivity index (χ1v) is 9.91. The molecule has 2 aliphatic heterocycles. The fourth-order valence-electron chi connectivity index (χ4n) is 4.17. The van der Waals surface area contributed by atoms with E-state index in [1.54, 1.807) is 7.11 Å². The lowest BCUT2D eigenvalue weighted by Crippen LogP contribution is -2.40. The number of fused-ring (bicyclic) bond motifs is 1. The third-order valence-corrected chi connectivity index (χ3v) is 5.86. The molecule has 2 heterocycles. The fraction of sp³-hybridized carbons (Fsp3) is 0.391. The molecule has 2 aromatic rings. The van der Waals surface area contributed by atoms with Gasteiger partial charge in [0.2, 0.25) is 0 Å². The second-order valence-electron chi connectivity index (χ2n) is 7.71. The molecular formula is C23H26N2O3. The lowest BCUT2D eigenvalue weighted by Gasteiger charge is -2.33. The summed E-state index contributed by atoms with van der Waals surface area (Å²) in [6, 6.07) is 15.2. The molecule has 2 aromatic carbocycles. The molecule has 0 spiro atoms. The van der Waals surface area contributed by atoms with E-state index in [2.05, 4.69) is 4.90 Å². The van der Waals surface area contributed by atoms with Crippen molar-refractivity contribution in [1.29, 1.82) is 0 Å². The SMILES string of the molecule is COc1ccc(C(=O)CN2CCC(CN3Cc4ccccc4C3=O)CC2)cc1. The van der Waals surface area contributed by atoms with Crippen LogP contribution in [0.15, 0.2) is 48.5 Å². The minimum absolute atomic E-state index is 0.145. The van der Waals surface area contributed by atoms with Gasteiger partial charge in [-0.1, -0.05) is 18.2 Å². The highest BCUT2D eigenvalue weighted by Gasteiger charge is 2.30. The molecule has 146 valence electrons. The number of likely N-dealkylation sites (tertiary alicyclic amines) is 1. The van der Waals surface area contributed by atoms with Gasteiger partial charge in [0.05, 0.1) is 13.7 Å². The number of ether oxygens (including phenoxy) is 1. The van der Waals surface area contributed by atoms with Gasteiger partial charge in [0, 0.05) is 24.2 Å². The predicted molar refractivity (Wildman–Crippen MR) is 108 cm³/mol. The van der Waals surface area contributed by atoms with Gasteiger partial charge in [-0.25, -0.2) is 0 Å². The zero-order valence-corrected chi connectivity index (χ0v) is 16.3. The molecule has 2 aliphatic rings. The van der Waals surface area contributed by atoms with Crippen molar-refractivity contribution in [2.24, 2.45) is 5.92 Å². The number of methoxy groups -OCH3 is 1. The number of hydrogen-bond acceptors (Lipinski definition) is 4. The van der Waals surface area contributed by atoms with Crippen LogP contribution in [0.4, 0.5) is 0 Å². The zero-order chi connectivity index (χ0) is 19.5. The first-order chi connectivity index (χ1) is 13.6. The predicted octanol–water partition coefficient (Wildman–Crippen LogP) is 3.25. The monoisotopic (exact) mass is 378 g/mol. The summed E-state index contributed by atoms with van der Waals surface area (Å²) >= 11 is 0. The summed E-state index contributed by atoms with van der Waals surface area (Å²) in [7, 11) is 1.62. The molecule has 4 rings (SSSR count). The van der Waals surface area contributed by atoms with Gasteiger partial charge in [0.25, 0.3) is 5.91 Å². The molecule has 1 saturated heterocycles. The number of Topliss-reactive ketones (excluding diaryl/α,β-unsaturated/α-hetero) is 1. The molecule has 0 radical (unpaired) electrons. The smallest absolute Gasteiger partial charge is 0.254 e. The van der Waals surface area contributed by atoms with Crippen molar-refractivity contribution >= 4 is 11.7 Å². The maximum Gasteiger partial charge on any atom is 0.254 e. The summed E-state index contributed by atoms with van der Waals surface area (Å²) in [5.74, 6) is 1.57. The number of benzene rings is 2. The molecule has 0 aliphatic carbocycles. The van der Waals surface area contributed by atoms with Crippen molar-refractivity contribution in [2.45, 2.75) is 19.4 Å². The van der Waals surface area contributed by atoms with Crippen LogP contribution in [0.5, 0.6) is 5.75 Å². The van der Waals surface area contributed by atoms with Crippen LogP contribution in [0.3, 0.4) is 0 Å². The number of ketones is 1. The van der Waals surface area contributed by atoms with E-state index >= 15 is 0 Å². The Labute approximate surface area is 165 Å². The quantitative estimate of drug-likeness (QED) is 0.724. The second-order valence-corrected chi connectivity index (χ2v) is 7.71. The van der Waals surface area contributed by atoms with E-state index in [9.17, 15) is 9.59 Å². The van der Waals surface area contributed by atoms with Gasteiger partial charge in [-0.3, -0.25) is 14.5 Å². The van der Waals surface area contributed by atoms with Crippen LogP contribution in [0, 0.1) is 5.92 Å². The van der Waals surface area contributed by atoms with Gasteiger partial charge in [-0.2, -0.15) is 0 Å². The topological polar surface area (TPSA) is 49.9 Å². The van der Waals surface area contributed by atoms with Crippen LogP contribution in [0.1, 0.15) is 39.1 Å². The second kappa shape index (κ2) is 8.15. The van der Waals surface area contributed by atoms with Crippen LogP contribution in [0.2, 0.25) is 0 Å². The lowest BCUT2D eigenvalue weighted by molar-refractivity contribution is 0.0707. The molecule has 0 saturated carbocycles. The Bertz CT molecular complexity index is 854. The van der Waals surface area contributed by atoms with Crippen LogP contribution in [-0.4, -0.2) is 54.8 Å². The average Bonchev–Trinajstić information content (AvgIpc) is 3.05. The maximum absolute atomic E-state index is 12.5. The molecule has 0 bridgehead atoms. The molecule has 28 heavy (non-hydrogen) atoms. The highest BCUT2D eigenvalue weighted by atomic mass is 16.5. The molecule has 0 N–H and O–H groups in total. The number of piperidine rings is 1. The van der Waals surface area contributed by atoms with Crippen molar-refractivity contribution < 1.29 is 14.3 Å². The lowest BCUT2D eigenvalue weighted by atomic mass is 9.95. The Balaban J connectivity index is 1.26. The van der Waals surface area contributed by atoms with E-state index in [-0.39, 0.29) is 11.7 Å². The average molecular weight is 378 g/mol. The van der Waals surface area contributed by atoms with Crippen molar-refractivity contribution in [3.8, 4) is 5.75 Å². The van der Waals surface area contributed by atoms with Gasteiger partial charge >= 0.3 is 0 Å². The van der Waals surface area contributed by atoms with E-state index in [4.69, 9.17) is 4.74 Å². The third kappa shape index (κ3) is 3.94. The summed E-state index contributed by atoms with van der Waals surface area (Å²) < 4.78 is 5.14. The maximum atomic E-state index is 12.5. The van der Waals surface area contributed by atoms with Gasteiger partial charge < -0.3 is 9.64 Å². The third-order valence-electron chi connectivity index (χ3n) is 5.86. The number of carbonyl (C=O) groups is 2. The van der Waals surface area contributed by atoms with E-state index in [1.165, 1.54) is 0 Å². The molecule has 0 unspecified atom stereocenters. The van der Waals surface area contributed by atoms with E-state index in [0.717, 1.165) is 61.5 Å². The number of nitrogens with zero attached hydrogens (tertiary/aromatic N) is 2. The van der Waals surface area contributed by atoms with Gasteiger partial charge in [-0.15, -0.1) is 0 Å². The highest BCUT2D eigenvalue weighted by Crippen LogP contribution is 2.26. The van der Waals surface area contributed by atoms with Crippen molar-refractivity contribution in [1.82, 2.24) is 9.80 Å². The van der Waals surface area contributed by atoms with Gasteiger partial charge in [-0.05, 0) is 67.7 Å². The first-order valence-electron chi connectivity index (χ1n) is 9.91. The Hall–Kier alpha value is -2.66. The van der Waals surface area contributed by atoms with Crippen LogP contribution in [0.25, 0.3) is 0 Å². The summed E-state index contributed by atoms with van der Waals surface area (Å²) in [6.07, 6.45) is 2.05. The summed E-state index contributed by atoms with van der Waals surface area (Å²) in [5.41, 5.74) is 2.71. The van der Waals surface area contributed by atoms with Gasteiger partial charge in [0.15, 0.2) is 5.78 Å². The Morgan fingerprint density at radius 1 is 1.07 bits per heavy atom. The normalized spacial score (nSPS) is 17.6. The van der Waals surface area contributed by atoms with Crippen molar-refractivity contribution in [3.05, 3.63) is 65.2 Å². The van der Waals surface area contributed by atoms with E-state index in [0.29, 0.717) is 12.5 Å². The number of hydrogen-bond donors (Lipinski definition) is 0. The molecule has 1 fully saturated rings. The molecule has 5 nitrogen and oxygen atoms in total. The summed E-state index contributed by atoms with van der Waals surface area (Å²) in [6.45, 7) is 3.80. The standard InChI is InChI=1S/C23H26N2O3/c1-28-20-8-6-18(7-9-20)22(26)16-24-12-10-17(11-13-24)14-25-15-19-4-2-3-5-21(19)23(25)27/h2-9,17H,10-16H2,1H3. The number of carbonyl (C=O) groups excluding carboxylic acids is 2. The van der Waals surface area contributed by atoms with Crippen molar-refractivity contribution in [2.75, 3.05) is 33.3 Å². The summed E-state index contributed by atoms with van der Waals surface area (Å²) in [5, 5.41) is 0. The molecule has 0 aromatic heterocycles. The van der Waals surface area contributed by atoms with Crippen LogP contribution in [-0.2, 0) is 6.54 Å². The molecule has 1 amide bonds. The molecular weight excluding hydrogens is 352 g/mol. The summed E-state index contributed by atoms with van der Waals surface area (Å²) in [4.78, 5) is 29.3. The Kier molecular flexibility index (Phi) is 5.44. The minimum Gasteiger partial charge on any atom is -0.497 e. The Morgan fingerprint density at radius 3 is 2.46 bits per heavy atom. The largest absolute Gasteiger partial charge is 0.497 e. The fourth-order valence-corrected chi connectivity index (χ4v) is 4.17. The Morgan fingerprint density at radius 2 is 1.79 bits per heavy atom. The number of amides is 1. The van der Waals surface area contributed by atoms with Crippen LogP contribution >= 0.6 is 0 Å². The minimum atomic E-state index is 0.145. The highest BCUT2D eigenvalue weighted by molar-refractivity contribution is 5.98.